The second-order valence-electron chi connectivity index (χ2n) is 5.22. The van der Waals surface area contributed by atoms with Crippen LogP contribution in [0.15, 0.2) is 59.2 Å². The van der Waals surface area contributed by atoms with Crippen molar-refractivity contribution in [1.82, 2.24) is 4.90 Å². The summed E-state index contributed by atoms with van der Waals surface area (Å²) >= 11 is 0. The van der Waals surface area contributed by atoms with Crippen LogP contribution in [0.1, 0.15) is 17.2 Å². The van der Waals surface area contributed by atoms with Crippen molar-refractivity contribution in [3.05, 3.63) is 65.9 Å². The Morgan fingerprint density at radius 2 is 1.70 bits per heavy atom. The lowest BCUT2D eigenvalue weighted by Gasteiger charge is -2.24. The molecular weight excluding hydrogens is 248 g/mol. The number of hydrogen-bond acceptors (Lipinski definition) is 3. The van der Waals surface area contributed by atoms with Gasteiger partial charge < -0.3 is 10.2 Å². The number of nitrogen functional groups attached to an aromatic ring is 1. The van der Waals surface area contributed by atoms with Crippen molar-refractivity contribution in [2.24, 2.45) is 0 Å². The van der Waals surface area contributed by atoms with Crippen LogP contribution in [0.3, 0.4) is 0 Å². The molecular formula is C17H18N2O. The number of hydrogen-bond donors (Lipinski definition) is 1. The maximum Gasteiger partial charge on any atom is 0.134 e. The van der Waals surface area contributed by atoms with E-state index in [9.17, 15) is 0 Å². The summed E-state index contributed by atoms with van der Waals surface area (Å²) in [6.45, 7) is 0. The van der Waals surface area contributed by atoms with Crippen LogP contribution < -0.4 is 5.73 Å². The summed E-state index contributed by atoms with van der Waals surface area (Å²) < 4.78 is 5.67. The third-order valence-electron chi connectivity index (χ3n) is 3.57. The highest BCUT2D eigenvalue weighted by atomic mass is 16.3. The minimum atomic E-state index is 0.152. The van der Waals surface area contributed by atoms with E-state index in [-0.39, 0.29) is 6.04 Å². The van der Waals surface area contributed by atoms with Crippen LogP contribution in [0.2, 0.25) is 0 Å². The number of benzene rings is 2. The molecule has 1 heterocycles. The van der Waals surface area contributed by atoms with Crippen molar-refractivity contribution in [1.29, 1.82) is 0 Å². The van der Waals surface area contributed by atoms with Gasteiger partial charge in [0, 0.05) is 16.6 Å². The Balaban J connectivity index is 2.13. The van der Waals surface area contributed by atoms with E-state index in [1.165, 1.54) is 11.1 Å². The van der Waals surface area contributed by atoms with Gasteiger partial charge in [-0.15, -0.1) is 0 Å². The molecule has 3 rings (SSSR count). The first kappa shape index (κ1) is 12.8. The van der Waals surface area contributed by atoms with Gasteiger partial charge in [0.2, 0.25) is 0 Å². The number of rotatable bonds is 3. The van der Waals surface area contributed by atoms with E-state index in [1.807, 2.05) is 36.6 Å². The molecule has 0 saturated carbocycles. The standard InChI is InChI=1S/C17H18N2O/c1-19(2)17(12-7-9-13(18)10-8-12)15-11-20-16-6-4-3-5-14(15)16/h3-11,17H,18H2,1-2H3. The number of fused-ring (bicyclic) bond motifs is 1. The Bertz CT molecular complexity index is 713. The highest BCUT2D eigenvalue weighted by molar-refractivity contribution is 5.82. The van der Waals surface area contributed by atoms with Gasteiger partial charge in [-0.3, -0.25) is 4.90 Å². The van der Waals surface area contributed by atoms with Crippen molar-refractivity contribution >= 4 is 16.7 Å². The van der Waals surface area contributed by atoms with E-state index in [4.69, 9.17) is 10.2 Å². The lowest BCUT2D eigenvalue weighted by molar-refractivity contribution is 0.341. The molecule has 0 saturated heterocycles. The normalized spacial score (nSPS) is 12.9. The lowest BCUT2D eigenvalue weighted by atomic mass is 9.97. The average Bonchev–Trinajstić information content (AvgIpc) is 2.85. The van der Waals surface area contributed by atoms with Crippen LogP contribution in [0.4, 0.5) is 5.69 Å². The van der Waals surface area contributed by atoms with E-state index in [0.717, 1.165) is 16.7 Å². The molecule has 0 aliphatic rings. The van der Waals surface area contributed by atoms with E-state index in [2.05, 4.69) is 37.2 Å². The van der Waals surface area contributed by atoms with Gasteiger partial charge in [-0.25, -0.2) is 0 Å². The smallest absolute Gasteiger partial charge is 0.134 e. The van der Waals surface area contributed by atoms with Crippen molar-refractivity contribution in [2.75, 3.05) is 19.8 Å². The van der Waals surface area contributed by atoms with Crippen molar-refractivity contribution < 1.29 is 4.42 Å². The van der Waals surface area contributed by atoms with Gasteiger partial charge in [0.15, 0.2) is 0 Å². The number of furan rings is 1. The number of para-hydroxylation sites is 1. The average molecular weight is 266 g/mol. The zero-order valence-corrected chi connectivity index (χ0v) is 11.7. The van der Waals surface area contributed by atoms with Crippen LogP contribution in [0, 0.1) is 0 Å². The Morgan fingerprint density at radius 1 is 1.00 bits per heavy atom. The summed E-state index contributed by atoms with van der Waals surface area (Å²) in [5, 5.41) is 1.16. The first-order valence-corrected chi connectivity index (χ1v) is 6.65. The molecule has 3 nitrogen and oxygen atoms in total. The molecule has 1 aromatic heterocycles. The van der Waals surface area contributed by atoms with Gasteiger partial charge in [0.05, 0.1) is 12.3 Å². The molecule has 2 aromatic carbocycles. The summed E-state index contributed by atoms with van der Waals surface area (Å²) in [4.78, 5) is 2.18. The third-order valence-corrected chi connectivity index (χ3v) is 3.57. The number of anilines is 1. The molecule has 2 N–H and O–H groups in total. The Kier molecular flexibility index (Phi) is 3.20. The van der Waals surface area contributed by atoms with Crippen LogP contribution >= 0.6 is 0 Å². The van der Waals surface area contributed by atoms with Crippen molar-refractivity contribution in [3.63, 3.8) is 0 Å². The van der Waals surface area contributed by atoms with Crippen LogP contribution in [-0.2, 0) is 0 Å². The van der Waals surface area contributed by atoms with Gasteiger partial charge in [-0.2, -0.15) is 0 Å². The van der Waals surface area contributed by atoms with Gasteiger partial charge in [-0.1, -0.05) is 30.3 Å². The molecule has 1 unspecified atom stereocenters. The quantitative estimate of drug-likeness (QED) is 0.735. The molecule has 20 heavy (non-hydrogen) atoms. The van der Waals surface area contributed by atoms with Gasteiger partial charge >= 0.3 is 0 Å². The monoisotopic (exact) mass is 266 g/mol. The molecule has 0 aliphatic heterocycles. The number of nitrogens with zero attached hydrogens (tertiary/aromatic N) is 1. The van der Waals surface area contributed by atoms with Crippen LogP contribution in [0.5, 0.6) is 0 Å². The van der Waals surface area contributed by atoms with E-state index in [1.54, 1.807) is 0 Å². The highest BCUT2D eigenvalue weighted by Gasteiger charge is 2.20. The zero-order chi connectivity index (χ0) is 14.1. The minimum absolute atomic E-state index is 0.152. The Hall–Kier alpha value is -2.26. The second kappa shape index (κ2) is 5.02. The minimum Gasteiger partial charge on any atom is -0.464 e. The van der Waals surface area contributed by atoms with E-state index < -0.39 is 0 Å². The predicted molar refractivity (Wildman–Crippen MR) is 82.6 cm³/mol. The first-order chi connectivity index (χ1) is 9.66. The summed E-state index contributed by atoms with van der Waals surface area (Å²) in [6, 6.07) is 16.3. The molecule has 0 amide bonds. The predicted octanol–water partition coefficient (Wildman–Crippen LogP) is 3.67. The van der Waals surface area contributed by atoms with Gasteiger partial charge in [-0.05, 0) is 37.9 Å². The molecule has 0 aliphatic carbocycles. The van der Waals surface area contributed by atoms with Crippen LogP contribution in [-0.4, -0.2) is 19.0 Å². The van der Waals surface area contributed by atoms with Gasteiger partial charge in [0.25, 0.3) is 0 Å². The molecule has 1 atom stereocenters. The maximum absolute atomic E-state index is 5.78. The SMILES string of the molecule is CN(C)C(c1ccc(N)cc1)c1coc2ccccc12. The molecule has 0 radical (unpaired) electrons. The highest BCUT2D eigenvalue weighted by Crippen LogP contribution is 2.33. The lowest BCUT2D eigenvalue weighted by Crippen LogP contribution is -2.20. The van der Waals surface area contributed by atoms with Crippen LogP contribution in [0.25, 0.3) is 11.0 Å². The van der Waals surface area contributed by atoms with Gasteiger partial charge in [0.1, 0.15) is 5.58 Å². The molecule has 0 bridgehead atoms. The Morgan fingerprint density at radius 3 is 2.40 bits per heavy atom. The molecule has 3 aromatic rings. The topological polar surface area (TPSA) is 42.4 Å². The summed E-state index contributed by atoms with van der Waals surface area (Å²) in [7, 11) is 4.14. The fraction of sp³-hybridized carbons (Fsp3) is 0.176. The zero-order valence-electron chi connectivity index (χ0n) is 11.7. The molecule has 0 spiro atoms. The van der Waals surface area contributed by atoms with E-state index in [0.29, 0.717) is 0 Å². The second-order valence-corrected chi connectivity index (χ2v) is 5.22. The summed E-state index contributed by atoms with van der Waals surface area (Å²) in [5.41, 5.74) is 9.86. The molecule has 0 fully saturated rings. The first-order valence-electron chi connectivity index (χ1n) is 6.65. The largest absolute Gasteiger partial charge is 0.464 e. The molecule has 3 heteroatoms. The fourth-order valence-corrected chi connectivity index (χ4v) is 2.64. The van der Waals surface area contributed by atoms with Crippen molar-refractivity contribution in [3.8, 4) is 0 Å². The maximum atomic E-state index is 5.78. The molecule has 102 valence electrons. The Labute approximate surface area is 118 Å². The number of nitrogens with two attached hydrogens (primary N) is 1. The van der Waals surface area contributed by atoms with E-state index >= 15 is 0 Å². The third kappa shape index (κ3) is 2.17. The fourth-order valence-electron chi connectivity index (χ4n) is 2.64. The summed E-state index contributed by atoms with van der Waals surface area (Å²) in [6.07, 6.45) is 1.85. The summed E-state index contributed by atoms with van der Waals surface area (Å²) in [5.74, 6) is 0. The van der Waals surface area contributed by atoms with Crippen molar-refractivity contribution in [2.45, 2.75) is 6.04 Å².